The molecule has 2 unspecified atom stereocenters. The zero-order chi connectivity index (χ0) is 13.5. The lowest BCUT2D eigenvalue weighted by Crippen LogP contribution is -2.09. The quantitative estimate of drug-likeness (QED) is 0.790. The van der Waals surface area contributed by atoms with Crippen molar-refractivity contribution in [1.29, 1.82) is 0 Å². The minimum absolute atomic E-state index is 0.0643. The van der Waals surface area contributed by atoms with Crippen molar-refractivity contribution in [2.75, 3.05) is 13.2 Å². The Labute approximate surface area is 111 Å². The van der Waals surface area contributed by atoms with Crippen molar-refractivity contribution in [1.82, 2.24) is 0 Å². The van der Waals surface area contributed by atoms with E-state index in [1.165, 1.54) is 11.1 Å². The second-order valence-electron chi connectivity index (χ2n) is 4.96. The number of hydrogen-bond donors (Lipinski definition) is 1. The molecule has 0 heterocycles. The van der Waals surface area contributed by atoms with Crippen LogP contribution in [-0.4, -0.2) is 18.3 Å². The second kappa shape index (κ2) is 7.42. The fourth-order valence-corrected chi connectivity index (χ4v) is 2.10. The van der Waals surface area contributed by atoms with Crippen molar-refractivity contribution in [2.45, 2.75) is 52.4 Å². The Balaban J connectivity index is 3.16. The van der Waals surface area contributed by atoms with E-state index in [0.29, 0.717) is 18.4 Å². The van der Waals surface area contributed by atoms with E-state index in [1.807, 2.05) is 0 Å². The summed E-state index contributed by atoms with van der Waals surface area (Å²) >= 11 is 0. The van der Waals surface area contributed by atoms with Crippen LogP contribution in [-0.2, 0) is 0 Å². The number of hydrogen-bond acceptors (Lipinski definition) is 2. The van der Waals surface area contributed by atoms with E-state index in [1.54, 1.807) is 0 Å². The molecular weight excluding hydrogens is 224 g/mol. The molecule has 2 nitrogen and oxygen atoms in total. The lowest BCUT2D eigenvalue weighted by Gasteiger charge is -2.21. The summed E-state index contributed by atoms with van der Waals surface area (Å²) in [5, 5.41) is 8.98. The van der Waals surface area contributed by atoms with Gasteiger partial charge in [0.1, 0.15) is 12.4 Å². The fraction of sp³-hybridized carbons (Fsp3) is 0.625. The van der Waals surface area contributed by atoms with Gasteiger partial charge >= 0.3 is 0 Å². The first-order valence-electron chi connectivity index (χ1n) is 7.02. The van der Waals surface area contributed by atoms with Crippen LogP contribution in [0, 0.1) is 0 Å². The number of ether oxygens (including phenoxy) is 1. The summed E-state index contributed by atoms with van der Waals surface area (Å²) in [6.45, 7) is 9.27. The van der Waals surface area contributed by atoms with Crippen LogP contribution in [0.15, 0.2) is 18.2 Å². The summed E-state index contributed by atoms with van der Waals surface area (Å²) in [6.07, 6.45) is 2.19. The smallest absolute Gasteiger partial charge is 0.126 e. The summed E-state index contributed by atoms with van der Waals surface area (Å²) in [5.74, 6) is 1.97. The summed E-state index contributed by atoms with van der Waals surface area (Å²) in [5.41, 5.74) is 2.53. The Morgan fingerprint density at radius 1 is 1.06 bits per heavy atom. The van der Waals surface area contributed by atoms with Gasteiger partial charge in [-0.3, -0.25) is 0 Å². The van der Waals surface area contributed by atoms with Crippen LogP contribution in [0.2, 0.25) is 0 Å². The average molecular weight is 250 g/mol. The molecule has 2 atom stereocenters. The first-order chi connectivity index (χ1) is 8.65. The highest BCUT2D eigenvalue weighted by molar-refractivity contribution is 5.45. The summed E-state index contributed by atoms with van der Waals surface area (Å²) < 4.78 is 5.81. The van der Waals surface area contributed by atoms with Crippen molar-refractivity contribution in [2.24, 2.45) is 0 Å². The van der Waals surface area contributed by atoms with Gasteiger partial charge in [0.2, 0.25) is 0 Å². The molecule has 0 aliphatic rings. The predicted molar refractivity (Wildman–Crippen MR) is 76.4 cm³/mol. The van der Waals surface area contributed by atoms with Gasteiger partial charge in [-0.2, -0.15) is 0 Å². The van der Waals surface area contributed by atoms with Crippen LogP contribution in [0.3, 0.4) is 0 Å². The van der Waals surface area contributed by atoms with Crippen molar-refractivity contribution in [3.8, 4) is 5.75 Å². The SMILES string of the molecule is CCC(C)c1cccc(C(C)CC)c1OCCO. The Kier molecular flexibility index (Phi) is 6.20. The van der Waals surface area contributed by atoms with Crippen LogP contribution >= 0.6 is 0 Å². The number of rotatable bonds is 7. The van der Waals surface area contributed by atoms with Crippen LogP contribution in [0.1, 0.15) is 63.5 Å². The number of aliphatic hydroxyl groups excluding tert-OH is 1. The molecular formula is C16H26O2. The van der Waals surface area contributed by atoms with Gasteiger partial charge in [-0.1, -0.05) is 45.9 Å². The van der Waals surface area contributed by atoms with Gasteiger partial charge in [0, 0.05) is 0 Å². The maximum Gasteiger partial charge on any atom is 0.126 e. The molecule has 1 aromatic rings. The van der Waals surface area contributed by atoms with Gasteiger partial charge in [-0.15, -0.1) is 0 Å². The second-order valence-corrected chi connectivity index (χ2v) is 4.96. The van der Waals surface area contributed by atoms with Crippen molar-refractivity contribution < 1.29 is 9.84 Å². The van der Waals surface area contributed by atoms with E-state index in [2.05, 4.69) is 45.9 Å². The molecule has 1 N–H and O–H groups in total. The third-order valence-corrected chi connectivity index (χ3v) is 3.70. The molecule has 0 aliphatic carbocycles. The van der Waals surface area contributed by atoms with Crippen LogP contribution in [0.25, 0.3) is 0 Å². The molecule has 0 amide bonds. The van der Waals surface area contributed by atoms with Crippen LogP contribution in [0.5, 0.6) is 5.75 Å². The molecule has 102 valence electrons. The maximum absolute atomic E-state index is 8.98. The molecule has 0 spiro atoms. The Morgan fingerprint density at radius 3 is 1.94 bits per heavy atom. The first-order valence-corrected chi connectivity index (χ1v) is 7.02. The van der Waals surface area contributed by atoms with Gasteiger partial charge in [0.15, 0.2) is 0 Å². The standard InChI is InChI=1S/C16H26O2/c1-5-12(3)14-8-7-9-15(13(4)6-2)16(14)18-11-10-17/h7-9,12-13,17H,5-6,10-11H2,1-4H3. The van der Waals surface area contributed by atoms with E-state index in [-0.39, 0.29) is 6.61 Å². The van der Waals surface area contributed by atoms with E-state index < -0.39 is 0 Å². The molecule has 0 radical (unpaired) electrons. The van der Waals surface area contributed by atoms with Gasteiger partial charge in [0.05, 0.1) is 6.61 Å². The molecule has 2 heteroatoms. The zero-order valence-corrected chi connectivity index (χ0v) is 12.1. The largest absolute Gasteiger partial charge is 0.491 e. The summed E-state index contributed by atoms with van der Waals surface area (Å²) in [6, 6.07) is 6.41. The van der Waals surface area contributed by atoms with E-state index in [9.17, 15) is 0 Å². The lowest BCUT2D eigenvalue weighted by atomic mass is 9.90. The lowest BCUT2D eigenvalue weighted by molar-refractivity contribution is 0.198. The summed E-state index contributed by atoms with van der Waals surface area (Å²) in [4.78, 5) is 0. The van der Waals surface area contributed by atoms with E-state index >= 15 is 0 Å². The minimum atomic E-state index is 0.0643. The molecule has 0 saturated heterocycles. The van der Waals surface area contributed by atoms with Crippen LogP contribution < -0.4 is 4.74 Å². The van der Waals surface area contributed by atoms with Gasteiger partial charge in [-0.25, -0.2) is 0 Å². The van der Waals surface area contributed by atoms with Crippen molar-refractivity contribution in [3.05, 3.63) is 29.3 Å². The highest BCUT2D eigenvalue weighted by Crippen LogP contribution is 2.36. The first kappa shape index (κ1) is 15.0. The Morgan fingerprint density at radius 2 is 1.56 bits per heavy atom. The molecule has 0 aliphatic heterocycles. The van der Waals surface area contributed by atoms with E-state index in [4.69, 9.17) is 9.84 Å². The van der Waals surface area contributed by atoms with E-state index in [0.717, 1.165) is 18.6 Å². The third-order valence-electron chi connectivity index (χ3n) is 3.70. The topological polar surface area (TPSA) is 29.5 Å². The molecule has 1 aromatic carbocycles. The minimum Gasteiger partial charge on any atom is -0.491 e. The fourth-order valence-electron chi connectivity index (χ4n) is 2.10. The molecule has 0 bridgehead atoms. The average Bonchev–Trinajstić information content (AvgIpc) is 2.42. The molecule has 0 aromatic heterocycles. The molecule has 18 heavy (non-hydrogen) atoms. The van der Waals surface area contributed by atoms with Gasteiger partial charge in [0.25, 0.3) is 0 Å². The Bertz CT molecular complexity index is 332. The van der Waals surface area contributed by atoms with Gasteiger partial charge < -0.3 is 9.84 Å². The Hall–Kier alpha value is -1.02. The molecule has 1 rings (SSSR count). The van der Waals surface area contributed by atoms with Crippen molar-refractivity contribution in [3.63, 3.8) is 0 Å². The predicted octanol–water partition coefficient (Wildman–Crippen LogP) is 4.08. The monoisotopic (exact) mass is 250 g/mol. The highest BCUT2D eigenvalue weighted by Gasteiger charge is 2.17. The number of aliphatic hydroxyl groups is 1. The molecule has 0 fully saturated rings. The highest BCUT2D eigenvalue weighted by atomic mass is 16.5. The summed E-state index contributed by atoms with van der Waals surface area (Å²) in [7, 11) is 0. The zero-order valence-electron chi connectivity index (χ0n) is 12.1. The molecule has 0 saturated carbocycles. The van der Waals surface area contributed by atoms with Crippen LogP contribution in [0.4, 0.5) is 0 Å². The third kappa shape index (κ3) is 3.49. The maximum atomic E-state index is 8.98. The number of benzene rings is 1. The van der Waals surface area contributed by atoms with Crippen molar-refractivity contribution >= 4 is 0 Å². The normalized spacial score (nSPS) is 14.3. The number of para-hydroxylation sites is 1. The van der Waals surface area contributed by atoms with Gasteiger partial charge in [-0.05, 0) is 35.8 Å².